The number of aromatic nitrogens is 2. The number of nitrogens with one attached hydrogen (secondary N) is 1. The molecule has 4 aromatic rings. The number of benzene rings is 3. The number of carbonyl (C=O) groups is 2. The molecule has 0 aliphatic carbocycles. The summed E-state index contributed by atoms with van der Waals surface area (Å²) in [5.41, 5.74) is 5.19. The van der Waals surface area contributed by atoms with E-state index in [-0.39, 0.29) is 35.5 Å². The minimum atomic E-state index is -0.306. The molecule has 10 heteroatoms. The van der Waals surface area contributed by atoms with Gasteiger partial charge in [0.1, 0.15) is 18.1 Å². The largest absolute Gasteiger partial charge is 0.496 e. The summed E-state index contributed by atoms with van der Waals surface area (Å²) in [6.07, 6.45) is 1.90. The third kappa shape index (κ3) is 6.16. The molecule has 2 aliphatic heterocycles. The van der Waals surface area contributed by atoms with Crippen LogP contribution in [0.25, 0.3) is 16.9 Å². The molecule has 2 atom stereocenters. The minimum Gasteiger partial charge on any atom is -0.496 e. The van der Waals surface area contributed by atoms with Crippen molar-refractivity contribution in [2.24, 2.45) is 0 Å². The van der Waals surface area contributed by atoms with E-state index < -0.39 is 0 Å². The van der Waals surface area contributed by atoms with Crippen molar-refractivity contribution in [3.8, 4) is 22.7 Å². The first-order valence-corrected chi connectivity index (χ1v) is 15.7. The van der Waals surface area contributed by atoms with Crippen LogP contribution in [0.2, 0.25) is 5.02 Å². The van der Waals surface area contributed by atoms with Crippen LogP contribution < -0.4 is 15.0 Å². The second-order valence-electron chi connectivity index (χ2n) is 10.7. The van der Waals surface area contributed by atoms with E-state index in [1.807, 2.05) is 79.7 Å². The van der Waals surface area contributed by atoms with Gasteiger partial charge < -0.3 is 14.8 Å². The number of rotatable bonds is 8. The SMILES string of the molecule is COc1ccccc1[C@@H]1SCC(=O)N(CC(=O)NC[C@H]2CCCO2)c2c1c(-c1ccc(Cl)cc1)nn2-c1ccc(C)cc1. The van der Waals surface area contributed by atoms with Crippen molar-refractivity contribution in [3.05, 3.63) is 94.5 Å². The van der Waals surface area contributed by atoms with Crippen LogP contribution in [-0.4, -0.2) is 60.3 Å². The lowest BCUT2D eigenvalue weighted by Gasteiger charge is -2.24. The van der Waals surface area contributed by atoms with Crippen LogP contribution in [0.5, 0.6) is 5.75 Å². The Balaban J connectivity index is 1.54. The highest BCUT2D eigenvalue weighted by Crippen LogP contribution is 2.50. The molecular formula is C33H33ClN4O4S. The molecule has 222 valence electrons. The second kappa shape index (κ2) is 12.8. The Labute approximate surface area is 260 Å². The fourth-order valence-corrected chi connectivity index (χ4v) is 6.92. The van der Waals surface area contributed by atoms with Gasteiger partial charge in [0.2, 0.25) is 11.8 Å². The van der Waals surface area contributed by atoms with Gasteiger partial charge in [-0.2, -0.15) is 5.10 Å². The first-order valence-electron chi connectivity index (χ1n) is 14.3. The maximum atomic E-state index is 13.9. The van der Waals surface area contributed by atoms with Gasteiger partial charge in [-0.1, -0.05) is 59.6 Å². The first kappa shape index (κ1) is 29.3. The van der Waals surface area contributed by atoms with Gasteiger partial charge in [0.05, 0.1) is 35.6 Å². The van der Waals surface area contributed by atoms with Crippen LogP contribution in [0.3, 0.4) is 0 Å². The van der Waals surface area contributed by atoms with Crippen LogP contribution in [0.1, 0.15) is 34.8 Å². The first-order chi connectivity index (χ1) is 20.9. The van der Waals surface area contributed by atoms with Crippen molar-refractivity contribution in [3.63, 3.8) is 0 Å². The molecule has 1 aromatic heterocycles. The molecule has 0 unspecified atom stereocenters. The third-order valence-corrected chi connectivity index (χ3v) is 9.25. The number of aryl methyl sites for hydroxylation is 1. The van der Waals surface area contributed by atoms with E-state index in [0.29, 0.717) is 35.4 Å². The Hall–Kier alpha value is -3.79. The van der Waals surface area contributed by atoms with E-state index >= 15 is 0 Å². The molecule has 1 N–H and O–H groups in total. The molecule has 0 bridgehead atoms. The number of carbonyl (C=O) groups excluding carboxylic acids is 2. The number of amides is 2. The predicted molar refractivity (Wildman–Crippen MR) is 170 cm³/mol. The predicted octanol–water partition coefficient (Wildman–Crippen LogP) is 5.97. The van der Waals surface area contributed by atoms with Crippen LogP contribution >= 0.6 is 23.4 Å². The molecule has 3 heterocycles. The Kier molecular flexibility index (Phi) is 8.74. The van der Waals surface area contributed by atoms with Gasteiger partial charge in [-0.25, -0.2) is 4.68 Å². The third-order valence-electron chi connectivity index (χ3n) is 7.76. The number of halogens is 1. The highest BCUT2D eigenvalue weighted by molar-refractivity contribution is 8.00. The second-order valence-corrected chi connectivity index (χ2v) is 12.2. The molecule has 6 rings (SSSR count). The van der Waals surface area contributed by atoms with Crippen LogP contribution in [0, 0.1) is 6.92 Å². The summed E-state index contributed by atoms with van der Waals surface area (Å²) < 4.78 is 13.3. The summed E-state index contributed by atoms with van der Waals surface area (Å²) in [5, 5.41) is 8.44. The summed E-state index contributed by atoms with van der Waals surface area (Å²) >= 11 is 7.78. The van der Waals surface area contributed by atoms with E-state index in [2.05, 4.69) is 5.32 Å². The standard InChI is InChI=1S/C33H33ClN4O4S/c1-21-9-15-24(16-10-21)38-33-30(31(36-38)22-11-13-23(34)14-12-22)32(26-7-3-4-8-27(26)41-2)43-20-29(40)37(33)19-28(39)35-18-25-6-5-17-42-25/h3-4,7-16,25,32H,5-6,17-20H2,1-2H3,(H,35,39)/t25-,32+/m1/s1. The summed E-state index contributed by atoms with van der Waals surface area (Å²) in [6.45, 7) is 3.00. The number of hydrogen-bond donors (Lipinski definition) is 1. The number of anilines is 1. The number of hydrogen-bond acceptors (Lipinski definition) is 6. The van der Waals surface area contributed by atoms with E-state index in [9.17, 15) is 9.59 Å². The zero-order chi connectivity index (χ0) is 29.9. The lowest BCUT2D eigenvalue weighted by Crippen LogP contribution is -2.44. The normalized spacial score (nSPS) is 18.3. The number of methoxy groups -OCH3 is 1. The number of fused-ring (bicyclic) bond motifs is 1. The van der Waals surface area contributed by atoms with E-state index in [1.165, 1.54) is 11.8 Å². The molecule has 0 spiro atoms. The van der Waals surface area contributed by atoms with Crippen molar-refractivity contribution in [1.29, 1.82) is 0 Å². The maximum absolute atomic E-state index is 13.9. The Morgan fingerprint density at radius 2 is 1.88 bits per heavy atom. The Bertz CT molecular complexity index is 1620. The molecule has 0 radical (unpaired) electrons. The van der Waals surface area contributed by atoms with Gasteiger partial charge in [-0.05, 0) is 50.1 Å². The van der Waals surface area contributed by atoms with Crippen LogP contribution in [-0.2, 0) is 14.3 Å². The lowest BCUT2D eigenvalue weighted by molar-refractivity contribution is -0.123. The van der Waals surface area contributed by atoms with Crippen LogP contribution in [0.15, 0.2) is 72.8 Å². The quantitative estimate of drug-likeness (QED) is 0.262. The number of para-hydroxylation sites is 1. The molecular weight excluding hydrogens is 584 g/mol. The average molecular weight is 617 g/mol. The van der Waals surface area contributed by atoms with Gasteiger partial charge in [0.15, 0.2) is 0 Å². The fraction of sp³-hybridized carbons (Fsp3) is 0.303. The number of thioether (sulfide) groups is 1. The summed E-state index contributed by atoms with van der Waals surface area (Å²) in [7, 11) is 1.65. The summed E-state index contributed by atoms with van der Waals surface area (Å²) in [6, 6.07) is 23.3. The molecule has 43 heavy (non-hydrogen) atoms. The molecule has 8 nitrogen and oxygen atoms in total. The summed E-state index contributed by atoms with van der Waals surface area (Å²) in [5.74, 6) is 1.02. The van der Waals surface area contributed by atoms with Crippen molar-refractivity contribution in [2.45, 2.75) is 31.1 Å². The van der Waals surface area contributed by atoms with Gasteiger partial charge in [0.25, 0.3) is 0 Å². The molecule has 0 saturated carbocycles. The van der Waals surface area contributed by atoms with Gasteiger partial charge in [-0.15, -0.1) is 11.8 Å². The Morgan fingerprint density at radius 1 is 1.12 bits per heavy atom. The van der Waals surface area contributed by atoms with Crippen molar-refractivity contribution in [1.82, 2.24) is 15.1 Å². The lowest BCUT2D eigenvalue weighted by atomic mass is 9.99. The topological polar surface area (TPSA) is 85.7 Å². The highest BCUT2D eigenvalue weighted by atomic mass is 35.5. The number of ether oxygens (including phenoxy) is 2. The zero-order valence-corrected chi connectivity index (χ0v) is 25.7. The van der Waals surface area contributed by atoms with Gasteiger partial charge >= 0.3 is 0 Å². The summed E-state index contributed by atoms with van der Waals surface area (Å²) in [4.78, 5) is 28.9. The van der Waals surface area contributed by atoms with Gasteiger partial charge in [0, 0.05) is 34.9 Å². The molecule has 1 saturated heterocycles. The molecule has 2 amide bonds. The van der Waals surface area contributed by atoms with Crippen molar-refractivity contribution in [2.75, 3.05) is 37.5 Å². The highest BCUT2D eigenvalue weighted by Gasteiger charge is 2.38. The Morgan fingerprint density at radius 3 is 2.60 bits per heavy atom. The zero-order valence-electron chi connectivity index (χ0n) is 24.1. The van der Waals surface area contributed by atoms with Crippen LogP contribution in [0.4, 0.5) is 5.82 Å². The molecule has 1 fully saturated rings. The maximum Gasteiger partial charge on any atom is 0.240 e. The van der Waals surface area contributed by atoms with Crippen molar-refractivity contribution >= 4 is 41.0 Å². The molecule has 3 aromatic carbocycles. The number of nitrogens with zero attached hydrogens (tertiary/aromatic N) is 3. The average Bonchev–Trinajstić information content (AvgIpc) is 3.66. The minimum absolute atomic E-state index is 0.000536. The van der Waals surface area contributed by atoms with Gasteiger partial charge in [-0.3, -0.25) is 14.5 Å². The van der Waals surface area contributed by atoms with Crippen molar-refractivity contribution < 1.29 is 19.1 Å². The van der Waals surface area contributed by atoms with E-state index in [0.717, 1.165) is 40.8 Å². The molecule has 2 aliphatic rings. The van der Waals surface area contributed by atoms with E-state index in [4.69, 9.17) is 26.2 Å². The van der Waals surface area contributed by atoms with E-state index in [1.54, 1.807) is 16.7 Å². The monoisotopic (exact) mass is 616 g/mol. The smallest absolute Gasteiger partial charge is 0.240 e. The fourth-order valence-electron chi connectivity index (χ4n) is 5.57.